The first-order chi connectivity index (χ1) is 6.69. The quantitative estimate of drug-likeness (QED) is 0.467. The summed E-state index contributed by atoms with van der Waals surface area (Å²) in [6.45, 7) is 3.66. The van der Waals surface area contributed by atoms with Crippen LogP contribution in [0.2, 0.25) is 0 Å². The van der Waals surface area contributed by atoms with Crippen LogP contribution in [0, 0.1) is 6.92 Å². The summed E-state index contributed by atoms with van der Waals surface area (Å²) < 4.78 is 11.6. The Morgan fingerprint density at radius 2 is 2.43 bits per heavy atom. The van der Waals surface area contributed by atoms with Crippen molar-refractivity contribution in [1.82, 2.24) is 4.98 Å². The lowest BCUT2D eigenvalue weighted by Gasteiger charge is -2.03. The molecule has 0 amide bonds. The molecule has 0 aliphatic rings. The molecule has 1 aromatic rings. The first-order valence-corrected chi connectivity index (χ1v) is 5.53. The number of hydrogen-bond acceptors (Lipinski definition) is 4. The van der Waals surface area contributed by atoms with Crippen molar-refractivity contribution in [2.75, 3.05) is 5.75 Å². The van der Waals surface area contributed by atoms with E-state index in [0.717, 1.165) is 5.69 Å². The summed E-state index contributed by atoms with van der Waals surface area (Å²) in [5.41, 5.74) is 1.40. The molecule has 0 aromatic carbocycles. The first kappa shape index (κ1) is 10.8. The van der Waals surface area contributed by atoms with Gasteiger partial charge in [0, 0.05) is 17.5 Å². The lowest BCUT2D eigenvalue weighted by molar-refractivity contribution is 0.322. The van der Waals surface area contributed by atoms with Crippen LogP contribution in [0.15, 0.2) is 22.3 Å². The zero-order valence-electron chi connectivity index (χ0n) is 8.10. The van der Waals surface area contributed by atoms with Gasteiger partial charge >= 0.3 is 0 Å². The SMILES string of the molecule is CCS(=O)c1cc(/C=N/O)cnc1C. The molecule has 0 aliphatic carbocycles. The van der Waals surface area contributed by atoms with E-state index in [0.29, 0.717) is 16.2 Å². The fraction of sp³-hybridized carbons (Fsp3) is 0.333. The second-order valence-corrected chi connectivity index (χ2v) is 4.44. The van der Waals surface area contributed by atoms with Gasteiger partial charge in [0.1, 0.15) is 0 Å². The number of pyridine rings is 1. The molecule has 4 nitrogen and oxygen atoms in total. The monoisotopic (exact) mass is 212 g/mol. The number of hydrogen-bond donors (Lipinski definition) is 1. The molecule has 5 heteroatoms. The van der Waals surface area contributed by atoms with E-state index in [-0.39, 0.29) is 0 Å². The third kappa shape index (κ3) is 2.38. The maximum absolute atomic E-state index is 11.6. The van der Waals surface area contributed by atoms with Crippen molar-refractivity contribution in [3.05, 3.63) is 23.5 Å². The Morgan fingerprint density at radius 1 is 1.71 bits per heavy atom. The van der Waals surface area contributed by atoms with E-state index in [1.807, 2.05) is 13.8 Å². The zero-order chi connectivity index (χ0) is 10.6. The molecular weight excluding hydrogens is 200 g/mol. The summed E-state index contributed by atoms with van der Waals surface area (Å²) in [4.78, 5) is 4.77. The summed E-state index contributed by atoms with van der Waals surface area (Å²) in [7, 11) is -1.02. The molecule has 1 rings (SSSR count). The summed E-state index contributed by atoms with van der Waals surface area (Å²) >= 11 is 0. The lowest BCUT2D eigenvalue weighted by atomic mass is 10.3. The molecule has 0 aliphatic heterocycles. The number of nitrogens with zero attached hydrogens (tertiary/aromatic N) is 2. The van der Waals surface area contributed by atoms with Gasteiger partial charge in [0.15, 0.2) is 0 Å². The summed E-state index contributed by atoms with van der Waals surface area (Å²) in [6.07, 6.45) is 2.84. The second kappa shape index (κ2) is 4.85. The lowest BCUT2D eigenvalue weighted by Crippen LogP contribution is -2.00. The molecule has 1 N–H and O–H groups in total. The van der Waals surface area contributed by atoms with E-state index in [2.05, 4.69) is 10.1 Å². The van der Waals surface area contributed by atoms with Crippen LogP contribution < -0.4 is 0 Å². The standard InChI is InChI=1S/C9H12N2O2S/c1-3-14(13)9-4-8(6-11-12)5-10-7(9)2/h4-6,12H,3H2,1-2H3/b11-6+. The van der Waals surface area contributed by atoms with Gasteiger partial charge in [-0.25, -0.2) is 0 Å². The predicted molar refractivity (Wildman–Crippen MR) is 55.3 cm³/mol. The van der Waals surface area contributed by atoms with Gasteiger partial charge in [-0.2, -0.15) is 0 Å². The van der Waals surface area contributed by atoms with Crippen molar-refractivity contribution >= 4 is 17.0 Å². The highest BCUT2D eigenvalue weighted by Crippen LogP contribution is 2.11. The minimum absolute atomic E-state index is 0.558. The molecule has 0 bridgehead atoms. The van der Waals surface area contributed by atoms with E-state index in [4.69, 9.17) is 5.21 Å². The van der Waals surface area contributed by atoms with Gasteiger partial charge in [-0.3, -0.25) is 9.19 Å². The van der Waals surface area contributed by atoms with Gasteiger partial charge in [0.25, 0.3) is 0 Å². The normalized spacial score (nSPS) is 13.3. The van der Waals surface area contributed by atoms with Crippen molar-refractivity contribution in [3.8, 4) is 0 Å². The van der Waals surface area contributed by atoms with Crippen molar-refractivity contribution < 1.29 is 9.42 Å². The zero-order valence-corrected chi connectivity index (χ0v) is 8.91. The Labute approximate surface area is 85.1 Å². The first-order valence-electron chi connectivity index (χ1n) is 4.21. The van der Waals surface area contributed by atoms with Gasteiger partial charge in [0.05, 0.1) is 27.6 Å². The molecule has 0 spiro atoms. The topological polar surface area (TPSA) is 62.5 Å². The smallest absolute Gasteiger partial charge is 0.0749 e. The van der Waals surface area contributed by atoms with E-state index < -0.39 is 10.8 Å². The highest BCUT2D eigenvalue weighted by atomic mass is 32.2. The van der Waals surface area contributed by atoms with Crippen LogP contribution in [0.5, 0.6) is 0 Å². The number of rotatable bonds is 3. The van der Waals surface area contributed by atoms with Crippen LogP contribution in [-0.4, -0.2) is 26.4 Å². The summed E-state index contributed by atoms with van der Waals surface area (Å²) in [5.74, 6) is 0.558. The Hall–Kier alpha value is -1.23. The molecule has 1 aromatic heterocycles. The molecular formula is C9H12N2O2S. The van der Waals surface area contributed by atoms with E-state index in [9.17, 15) is 4.21 Å². The van der Waals surface area contributed by atoms with Crippen LogP contribution >= 0.6 is 0 Å². The van der Waals surface area contributed by atoms with Crippen molar-refractivity contribution in [1.29, 1.82) is 0 Å². The summed E-state index contributed by atoms with van der Waals surface area (Å²) in [5, 5.41) is 11.2. The number of aryl methyl sites for hydroxylation is 1. The molecule has 1 unspecified atom stereocenters. The van der Waals surface area contributed by atoms with Crippen molar-refractivity contribution in [2.24, 2.45) is 5.16 Å². The van der Waals surface area contributed by atoms with E-state index >= 15 is 0 Å². The molecule has 0 fully saturated rings. The fourth-order valence-electron chi connectivity index (χ4n) is 1.05. The minimum Gasteiger partial charge on any atom is -0.411 e. The molecule has 1 heterocycles. The van der Waals surface area contributed by atoms with Gasteiger partial charge in [0.2, 0.25) is 0 Å². The Morgan fingerprint density at radius 3 is 3.00 bits per heavy atom. The predicted octanol–water partition coefficient (Wildman–Crippen LogP) is 1.33. The summed E-state index contributed by atoms with van der Waals surface area (Å²) in [6, 6.07) is 1.72. The minimum atomic E-state index is -1.02. The number of aromatic nitrogens is 1. The van der Waals surface area contributed by atoms with Gasteiger partial charge in [-0.15, -0.1) is 0 Å². The fourth-order valence-corrected chi connectivity index (χ4v) is 2.01. The van der Waals surface area contributed by atoms with Crippen LogP contribution in [-0.2, 0) is 10.8 Å². The third-order valence-electron chi connectivity index (χ3n) is 1.78. The Bertz CT molecular complexity index is 377. The largest absolute Gasteiger partial charge is 0.411 e. The average molecular weight is 212 g/mol. The highest BCUT2D eigenvalue weighted by Gasteiger charge is 2.06. The van der Waals surface area contributed by atoms with Gasteiger partial charge in [-0.05, 0) is 13.0 Å². The van der Waals surface area contributed by atoms with Crippen LogP contribution in [0.1, 0.15) is 18.2 Å². The molecule has 14 heavy (non-hydrogen) atoms. The molecule has 0 saturated heterocycles. The highest BCUT2D eigenvalue weighted by molar-refractivity contribution is 7.85. The molecule has 1 atom stereocenters. The Balaban J connectivity index is 3.14. The molecule has 0 radical (unpaired) electrons. The second-order valence-electron chi connectivity index (χ2n) is 2.73. The third-order valence-corrected chi connectivity index (χ3v) is 3.20. The molecule has 76 valence electrons. The van der Waals surface area contributed by atoms with Gasteiger partial charge in [-0.1, -0.05) is 12.1 Å². The molecule has 0 saturated carbocycles. The van der Waals surface area contributed by atoms with Crippen LogP contribution in [0.4, 0.5) is 0 Å². The van der Waals surface area contributed by atoms with E-state index in [1.54, 1.807) is 12.3 Å². The Kier molecular flexibility index (Phi) is 3.76. The maximum Gasteiger partial charge on any atom is 0.0749 e. The van der Waals surface area contributed by atoms with Crippen LogP contribution in [0.3, 0.4) is 0 Å². The maximum atomic E-state index is 11.6. The number of oxime groups is 1. The van der Waals surface area contributed by atoms with Gasteiger partial charge < -0.3 is 5.21 Å². The van der Waals surface area contributed by atoms with Crippen LogP contribution in [0.25, 0.3) is 0 Å². The average Bonchev–Trinajstić information content (AvgIpc) is 2.20. The van der Waals surface area contributed by atoms with Crippen molar-refractivity contribution in [3.63, 3.8) is 0 Å². The van der Waals surface area contributed by atoms with Crippen molar-refractivity contribution in [2.45, 2.75) is 18.7 Å². The van der Waals surface area contributed by atoms with E-state index in [1.165, 1.54) is 6.21 Å².